The van der Waals surface area contributed by atoms with E-state index in [0.717, 1.165) is 12.1 Å². The Morgan fingerprint density at radius 3 is 2.86 bits per heavy atom. The lowest BCUT2D eigenvalue weighted by atomic mass is 10.1. The van der Waals surface area contributed by atoms with Crippen LogP contribution in [0.25, 0.3) is 0 Å². The zero-order chi connectivity index (χ0) is 15.6. The third-order valence-corrected chi connectivity index (χ3v) is 2.96. The molecule has 1 amide bonds. The van der Waals surface area contributed by atoms with Gasteiger partial charge in [-0.15, -0.1) is 0 Å². The predicted molar refractivity (Wildman–Crippen MR) is 71.9 cm³/mol. The molecule has 1 atom stereocenters. The van der Waals surface area contributed by atoms with Crippen molar-refractivity contribution in [3.63, 3.8) is 0 Å². The second-order valence-corrected chi connectivity index (χ2v) is 4.34. The topological polar surface area (TPSA) is 127 Å². The highest BCUT2D eigenvalue weighted by Crippen LogP contribution is 2.27. The number of hydrogen-bond donors (Lipinski definition) is 3. The van der Waals surface area contributed by atoms with E-state index in [-0.39, 0.29) is 0 Å². The summed E-state index contributed by atoms with van der Waals surface area (Å²) in [7, 11) is 0. The van der Waals surface area contributed by atoms with Gasteiger partial charge in [-0.2, -0.15) is 5.10 Å². The fraction of sp³-hybridized carbons (Fsp3) is 0.167. The van der Waals surface area contributed by atoms with E-state index in [9.17, 15) is 19.3 Å². The van der Waals surface area contributed by atoms with Gasteiger partial charge in [0.05, 0.1) is 17.2 Å². The van der Waals surface area contributed by atoms with Gasteiger partial charge in [0.2, 0.25) is 0 Å². The first-order chi connectivity index (χ1) is 9.91. The number of hydrogen-bond acceptors (Lipinski definition) is 5. The van der Waals surface area contributed by atoms with E-state index in [0.29, 0.717) is 5.56 Å². The van der Waals surface area contributed by atoms with Crippen molar-refractivity contribution in [2.24, 2.45) is 0 Å². The van der Waals surface area contributed by atoms with Crippen LogP contribution in [0.15, 0.2) is 24.5 Å². The maximum Gasteiger partial charge on any atom is 0.293 e. The van der Waals surface area contributed by atoms with E-state index in [1.54, 1.807) is 13.1 Å². The number of nitro benzene ring substituents is 1. The van der Waals surface area contributed by atoms with E-state index >= 15 is 0 Å². The van der Waals surface area contributed by atoms with E-state index in [2.05, 4.69) is 15.5 Å². The first kappa shape index (κ1) is 14.4. The Balaban J connectivity index is 2.31. The van der Waals surface area contributed by atoms with Crippen LogP contribution in [0.5, 0.6) is 0 Å². The molecule has 0 bridgehead atoms. The van der Waals surface area contributed by atoms with Gasteiger partial charge in [0.15, 0.2) is 0 Å². The largest absolute Gasteiger partial charge is 0.392 e. The van der Waals surface area contributed by atoms with Gasteiger partial charge < -0.3 is 11.1 Å². The minimum absolute atomic E-state index is 0.464. The molecule has 1 aromatic carbocycles. The molecule has 0 saturated carbocycles. The molecule has 2 rings (SSSR count). The number of rotatable bonds is 4. The molecule has 0 fully saturated rings. The zero-order valence-corrected chi connectivity index (χ0v) is 11.0. The molecule has 0 spiro atoms. The molecule has 0 aliphatic carbocycles. The molecule has 21 heavy (non-hydrogen) atoms. The third kappa shape index (κ3) is 2.81. The number of anilines is 1. The highest BCUT2D eigenvalue weighted by atomic mass is 19.1. The lowest BCUT2D eigenvalue weighted by Crippen LogP contribution is -2.28. The predicted octanol–water partition coefficient (Wildman–Crippen LogP) is 1.53. The van der Waals surface area contributed by atoms with Gasteiger partial charge in [0.1, 0.15) is 17.1 Å². The molecular formula is C12H12FN5O3. The normalized spacial score (nSPS) is 11.9. The third-order valence-electron chi connectivity index (χ3n) is 2.96. The first-order valence-corrected chi connectivity index (χ1v) is 5.93. The number of carbonyl (C=O) groups excluding carboxylic acids is 1. The lowest BCUT2D eigenvalue weighted by molar-refractivity contribution is -0.384. The summed E-state index contributed by atoms with van der Waals surface area (Å²) in [5, 5.41) is 19.6. The van der Waals surface area contributed by atoms with Gasteiger partial charge in [-0.25, -0.2) is 4.39 Å². The Labute approximate surface area is 118 Å². The number of carbonyl (C=O) groups is 1. The Morgan fingerprint density at radius 1 is 1.57 bits per heavy atom. The number of nitrogen functional groups attached to an aromatic ring is 1. The molecule has 2 aromatic rings. The number of benzene rings is 1. The lowest BCUT2D eigenvalue weighted by Gasteiger charge is -2.13. The van der Waals surface area contributed by atoms with Crippen molar-refractivity contribution in [1.29, 1.82) is 0 Å². The molecule has 8 nitrogen and oxygen atoms in total. The summed E-state index contributed by atoms with van der Waals surface area (Å²) in [6.07, 6.45) is 3.07. The molecule has 4 N–H and O–H groups in total. The first-order valence-electron chi connectivity index (χ1n) is 5.93. The SMILES string of the molecule is CC(NC(=O)c1c(F)ccc([N+](=O)[O-])c1N)c1cn[nH]c1. The number of nitrogens with one attached hydrogen (secondary N) is 2. The number of H-pyrrole nitrogens is 1. The van der Waals surface area contributed by atoms with Crippen molar-refractivity contribution in [2.75, 3.05) is 5.73 Å². The smallest absolute Gasteiger partial charge is 0.293 e. The van der Waals surface area contributed by atoms with Crippen LogP contribution in [-0.2, 0) is 0 Å². The average molecular weight is 293 g/mol. The summed E-state index contributed by atoms with van der Waals surface area (Å²) < 4.78 is 13.8. The zero-order valence-electron chi connectivity index (χ0n) is 11.0. The van der Waals surface area contributed by atoms with Crippen LogP contribution in [0.1, 0.15) is 28.9 Å². The number of aromatic nitrogens is 2. The van der Waals surface area contributed by atoms with Crippen LogP contribution in [0, 0.1) is 15.9 Å². The summed E-state index contributed by atoms with van der Waals surface area (Å²) in [6, 6.07) is 1.29. The highest BCUT2D eigenvalue weighted by Gasteiger charge is 2.24. The van der Waals surface area contributed by atoms with Gasteiger partial charge in [0, 0.05) is 17.8 Å². The Bertz CT molecular complexity index is 686. The standard InChI is InChI=1S/C12H12FN5O3/c1-6(7-4-15-16-5-7)17-12(19)10-8(13)2-3-9(11(10)14)18(20)21/h2-6H,14H2,1H3,(H,15,16)(H,17,19). The quantitative estimate of drug-likeness (QED) is 0.447. The van der Waals surface area contributed by atoms with E-state index in [4.69, 9.17) is 5.73 Å². The monoisotopic (exact) mass is 293 g/mol. The average Bonchev–Trinajstić information content (AvgIpc) is 2.91. The van der Waals surface area contributed by atoms with E-state index in [1.807, 2.05) is 0 Å². The minimum Gasteiger partial charge on any atom is -0.392 e. The summed E-state index contributed by atoms with van der Waals surface area (Å²) in [5.41, 5.74) is 4.63. The van der Waals surface area contributed by atoms with Crippen molar-refractivity contribution in [1.82, 2.24) is 15.5 Å². The number of aromatic amines is 1. The van der Waals surface area contributed by atoms with Gasteiger partial charge in [-0.05, 0) is 13.0 Å². The van der Waals surface area contributed by atoms with Crippen molar-refractivity contribution in [3.05, 3.63) is 51.6 Å². The minimum atomic E-state index is -0.921. The Morgan fingerprint density at radius 2 is 2.29 bits per heavy atom. The van der Waals surface area contributed by atoms with Crippen molar-refractivity contribution in [3.8, 4) is 0 Å². The molecule has 0 saturated heterocycles. The maximum atomic E-state index is 13.8. The van der Waals surface area contributed by atoms with Crippen molar-refractivity contribution in [2.45, 2.75) is 13.0 Å². The second kappa shape index (κ2) is 5.57. The van der Waals surface area contributed by atoms with E-state index in [1.165, 1.54) is 6.20 Å². The molecule has 1 aromatic heterocycles. The summed E-state index contributed by atoms with van der Waals surface area (Å²) in [6.45, 7) is 1.66. The van der Waals surface area contributed by atoms with Crippen LogP contribution in [-0.4, -0.2) is 21.0 Å². The molecule has 9 heteroatoms. The highest BCUT2D eigenvalue weighted by molar-refractivity contribution is 6.01. The second-order valence-electron chi connectivity index (χ2n) is 4.34. The number of halogens is 1. The molecule has 1 heterocycles. The summed E-state index contributed by atoms with van der Waals surface area (Å²) in [4.78, 5) is 22.1. The van der Waals surface area contributed by atoms with Gasteiger partial charge in [0.25, 0.3) is 11.6 Å². The fourth-order valence-corrected chi connectivity index (χ4v) is 1.82. The van der Waals surface area contributed by atoms with Crippen LogP contribution < -0.4 is 11.1 Å². The Kier molecular flexibility index (Phi) is 3.83. The van der Waals surface area contributed by atoms with Gasteiger partial charge >= 0.3 is 0 Å². The number of nitro groups is 1. The summed E-state index contributed by atoms with van der Waals surface area (Å²) >= 11 is 0. The van der Waals surface area contributed by atoms with Crippen LogP contribution in [0.4, 0.5) is 15.8 Å². The van der Waals surface area contributed by atoms with Gasteiger partial charge in [-0.3, -0.25) is 20.0 Å². The number of nitrogens with zero attached hydrogens (tertiary/aromatic N) is 2. The van der Waals surface area contributed by atoms with Crippen LogP contribution >= 0.6 is 0 Å². The molecular weight excluding hydrogens is 281 g/mol. The van der Waals surface area contributed by atoms with Crippen LogP contribution in [0.2, 0.25) is 0 Å². The van der Waals surface area contributed by atoms with Crippen LogP contribution in [0.3, 0.4) is 0 Å². The molecule has 110 valence electrons. The fourth-order valence-electron chi connectivity index (χ4n) is 1.82. The number of amides is 1. The molecule has 0 aliphatic heterocycles. The summed E-state index contributed by atoms with van der Waals surface area (Å²) in [5.74, 6) is -1.75. The van der Waals surface area contributed by atoms with Gasteiger partial charge in [-0.1, -0.05) is 0 Å². The van der Waals surface area contributed by atoms with E-state index < -0.39 is 39.6 Å². The van der Waals surface area contributed by atoms with Crippen molar-refractivity contribution >= 4 is 17.3 Å². The molecule has 1 unspecified atom stereocenters. The molecule has 0 radical (unpaired) electrons. The Hall–Kier alpha value is -2.97. The maximum absolute atomic E-state index is 13.8. The number of nitrogens with two attached hydrogens (primary N) is 1. The van der Waals surface area contributed by atoms with Crippen molar-refractivity contribution < 1.29 is 14.1 Å². The molecule has 0 aliphatic rings.